The molecule has 0 aliphatic heterocycles. The van der Waals surface area contributed by atoms with Crippen LogP contribution in [0.3, 0.4) is 0 Å². The van der Waals surface area contributed by atoms with Crippen LogP contribution in [0.25, 0.3) is 21.3 Å². The van der Waals surface area contributed by atoms with Crippen LogP contribution in [0.5, 0.6) is 0 Å². The van der Waals surface area contributed by atoms with Gasteiger partial charge in [0.1, 0.15) is 16.3 Å². The van der Waals surface area contributed by atoms with Crippen LogP contribution in [0.1, 0.15) is 53.2 Å². The van der Waals surface area contributed by atoms with Crippen molar-refractivity contribution >= 4 is 49.9 Å². The fraction of sp³-hybridized carbons (Fsp3) is 0.370. The lowest BCUT2D eigenvalue weighted by Gasteiger charge is -2.16. The van der Waals surface area contributed by atoms with Crippen LogP contribution in [-0.4, -0.2) is 33.0 Å². The van der Waals surface area contributed by atoms with Crippen molar-refractivity contribution in [2.24, 2.45) is 5.92 Å². The lowest BCUT2D eigenvalue weighted by molar-refractivity contribution is -0.116. The van der Waals surface area contributed by atoms with E-state index in [0.29, 0.717) is 27.4 Å². The number of carbonyl (C=O) groups excluding carboxylic acids is 2. The van der Waals surface area contributed by atoms with Crippen molar-refractivity contribution in [3.63, 3.8) is 0 Å². The van der Waals surface area contributed by atoms with Crippen molar-refractivity contribution in [1.82, 2.24) is 14.5 Å². The zero-order valence-corrected chi connectivity index (χ0v) is 22.6. The van der Waals surface area contributed by atoms with Crippen LogP contribution in [0.15, 0.2) is 34.7 Å². The number of fused-ring (bicyclic) bond motifs is 2. The summed E-state index contributed by atoms with van der Waals surface area (Å²) in [5, 5.41) is 5.47. The Bertz CT molecular complexity index is 1550. The zero-order chi connectivity index (χ0) is 26.1. The number of benzene rings is 1. The molecule has 1 amide bonds. The number of nitrogens with zero attached hydrogens (tertiary/aromatic N) is 3. The Morgan fingerprint density at radius 2 is 1.97 bits per heavy atom. The van der Waals surface area contributed by atoms with Crippen LogP contribution < -0.4 is 10.9 Å². The molecule has 0 radical (unpaired) electrons. The molecule has 0 fully saturated rings. The number of esters is 1. The van der Waals surface area contributed by atoms with Crippen LogP contribution in [-0.2, 0) is 28.9 Å². The first-order valence-electron chi connectivity index (χ1n) is 12.3. The lowest BCUT2D eigenvalue weighted by atomic mass is 9.89. The van der Waals surface area contributed by atoms with Gasteiger partial charge in [0.25, 0.3) is 5.56 Å². The molecule has 1 N–H and O–H groups in total. The Morgan fingerprint density at radius 3 is 2.76 bits per heavy atom. The minimum Gasteiger partial charge on any atom is -0.461 e. The monoisotopic (exact) mass is 536 g/mol. The molecule has 0 saturated carbocycles. The molecule has 37 heavy (non-hydrogen) atoms. The maximum Gasteiger partial charge on any atom is 0.350 e. The van der Waals surface area contributed by atoms with Crippen molar-refractivity contribution in [1.29, 1.82) is 0 Å². The topological polar surface area (TPSA) is 103 Å². The second-order valence-electron chi connectivity index (χ2n) is 9.67. The summed E-state index contributed by atoms with van der Waals surface area (Å²) in [6, 6.07) is 6.43. The van der Waals surface area contributed by atoms with Crippen LogP contribution in [0, 0.1) is 12.8 Å². The number of nitrogens with one attached hydrogen (secondary N) is 1. The smallest absolute Gasteiger partial charge is 0.350 e. The third-order valence-corrected chi connectivity index (χ3v) is 8.25. The van der Waals surface area contributed by atoms with Gasteiger partial charge in [0.05, 0.1) is 24.0 Å². The summed E-state index contributed by atoms with van der Waals surface area (Å²) in [6.07, 6.45) is 5.96. The maximum absolute atomic E-state index is 13.4. The van der Waals surface area contributed by atoms with E-state index in [2.05, 4.69) is 33.5 Å². The molecule has 192 valence electrons. The summed E-state index contributed by atoms with van der Waals surface area (Å²) in [7, 11) is 0. The summed E-state index contributed by atoms with van der Waals surface area (Å²) in [6.45, 7) is 5.70. The molecule has 3 heterocycles. The fourth-order valence-corrected chi connectivity index (χ4v) is 6.24. The van der Waals surface area contributed by atoms with Crippen molar-refractivity contribution in [2.45, 2.75) is 53.0 Å². The van der Waals surface area contributed by atoms with Gasteiger partial charge in [0, 0.05) is 10.9 Å². The number of hydrogen-bond donors (Lipinski definition) is 1. The highest BCUT2D eigenvalue weighted by Gasteiger charge is 2.20. The van der Waals surface area contributed by atoms with Gasteiger partial charge in [-0.3, -0.25) is 14.2 Å². The number of rotatable bonds is 7. The molecule has 4 aromatic rings. The Morgan fingerprint density at radius 1 is 1.19 bits per heavy atom. The first kappa shape index (κ1) is 25.3. The molecule has 0 spiro atoms. The summed E-state index contributed by atoms with van der Waals surface area (Å²) in [5.74, 6) is -0.663. The zero-order valence-electron chi connectivity index (χ0n) is 21.0. The number of anilines is 1. The number of aromatic nitrogens is 3. The van der Waals surface area contributed by atoms with Gasteiger partial charge in [0.2, 0.25) is 5.91 Å². The summed E-state index contributed by atoms with van der Waals surface area (Å²) < 4.78 is 6.59. The van der Waals surface area contributed by atoms with E-state index in [1.165, 1.54) is 46.2 Å². The largest absolute Gasteiger partial charge is 0.461 e. The number of thiophene rings is 1. The van der Waals surface area contributed by atoms with Gasteiger partial charge in [-0.05, 0) is 55.2 Å². The number of aryl methyl sites for hydroxylation is 3. The van der Waals surface area contributed by atoms with E-state index in [-0.39, 0.29) is 23.2 Å². The van der Waals surface area contributed by atoms with Crippen molar-refractivity contribution in [2.75, 3.05) is 11.9 Å². The standard InChI is InChI=1S/C27H28N4O4S2/c1-15(2)12-35-26(34)23-16(3)29-27(37-23)30-21(32)11-31-14-28-24-22(25(31)33)20(13-36-24)19-9-8-17-6-4-5-7-18(17)10-19/h8-10,13-15H,4-7,11-12H2,1-3H3,(H,29,30,32). The molecule has 5 rings (SSSR count). The number of hydrogen-bond acceptors (Lipinski definition) is 8. The minimum atomic E-state index is -0.456. The highest BCUT2D eigenvalue weighted by Crippen LogP contribution is 2.33. The minimum absolute atomic E-state index is 0.215. The number of amides is 1. The van der Waals surface area contributed by atoms with E-state index in [0.717, 1.165) is 35.3 Å². The van der Waals surface area contributed by atoms with Gasteiger partial charge in [-0.25, -0.2) is 14.8 Å². The molecule has 1 aliphatic rings. The molecule has 1 aromatic carbocycles. The second-order valence-corrected chi connectivity index (χ2v) is 11.5. The van der Waals surface area contributed by atoms with Crippen LogP contribution in [0.4, 0.5) is 5.13 Å². The van der Waals surface area contributed by atoms with Gasteiger partial charge < -0.3 is 10.1 Å². The predicted octanol–water partition coefficient (Wildman–Crippen LogP) is 5.22. The second kappa shape index (κ2) is 10.5. The summed E-state index contributed by atoms with van der Waals surface area (Å²) in [5.41, 5.74) is 4.81. The molecule has 0 unspecified atom stereocenters. The molecule has 3 aromatic heterocycles. The first-order chi connectivity index (χ1) is 17.8. The van der Waals surface area contributed by atoms with E-state index < -0.39 is 11.9 Å². The van der Waals surface area contributed by atoms with Crippen LogP contribution >= 0.6 is 22.7 Å². The third kappa shape index (κ3) is 5.35. The third-order valence-electron chi connectivity index (χ3n) is 6.31. The highest BCUT2D eigenvalue weighted by molar-refractivity contribution is 7.17. The summed E-state index contributed by atoms with van der Waals surface area (Å²) in [4.78, 5) is 48.2. The van der Waals surface area contributed by atoms with E-state index in [4.69, 9.17) is 4.74 Å². The molecule has 10 heteroatoms. The fourth-order valence-electron chi connectivity index (χ4n) is 4.45. The Labute approximate surface area is 222 Å². The van der Waals surface area contributed by atoms with Crippen molar-refractivity contribution < 1.29 is 14.3 Å². The van der Waals surface area contributed by atoms with Gasteiger partial charge in [-0.15, -0.1) is 11.3 Å². The predicted molar refractivity (Wildman–Crippen MR) is 147 cm³/mol. The molecular weight excluding hydrogens is 508 g/mol. The lowest BCUT2D eigenvalue weighted by Crippen LogP contribution is -2.27. The SMILES string of the molecule is Cc1nc(NC(=O)Cn2cnc3scc(-c4ccc5c(c4)CCCC5)c3c2=O)sc1C(=O)OCC(C)C. The molecule has 0 bridgehead atoms. The average molecular weight is 537 g/mol. The van der Waals surface area contributed by atoms with Gasteiger partial charge in [0.15, 0.2) is 5.13 Å². The highest BCUT2D eigenvalue weighted by atomic mass is 32.1. The Hall–Kier alpha value is -3.37. The Balaban J connectivity index is 1.35. The van der Waals surface area contributed by atoms with E-state index >= 15 is 0 Å². The molecule has 0 atom stereocenters. The number of thiazole rings is 1. The Kier molecular flexibility index (Phi) is 7.21. The average Bonchev–Trinajstić information content (AvgIpc) is 3.47. The summed E-state index contributed by atoms with van der Waals surface area (Å²) >= 11 is 2.48. The molecule has 1 aliphatic carbocycles. The van der Waals surface area contributed by atoms with Gasteiger partial charge in [-0.2, -0.15) is 0 Å². The maximum atomic E-state index is 13.4. The first-order valence-corrected chi connectivity index (χ1v) is 14.0. The van der Waals surface area contributed by atoms with Crippen LogP contribution in [0.2, 0.25) is 0 Å². The molecular formula is C27H28N4O4S2. The van der Waals surface area contributed by atoms with E-state index in [1.807, 2.05) is 19.2 Å². The van der Waals surface area contributed by atoms with Gasteiger partial charge >= 0.3 is 5.97 Å². The van der Waals surface area contributed by atoms with Gasteiger partial charge in [-0.1, -0.05) is 43.4 Å². The molecule has 0 saturated heterocycles. The molecule has 8 nitrogen and oxygen atoms in total. The number of carbonyl (C=O) groups is 2. The normalized spacial score (nSPS) is 13.1. The van der Waals surface area contributed by atoms with E-state index in [9.17, 15) is 14.4 Å². The van der Waals surface area contributed by atoms with E-state index in [1.54, 1.807) is 6.92 Å². The number of ether oxygens (including phenoxy) is 1. The van der Waals surface area contributed by atoms with Crippen molar-refractivity contribution in [3.8, 4) is 11.1 Å². The van der Waals surface area contributed by atoms with Crippen molar-refractivity contribution in [3.05, 3.63) is 62.0 Å². The quantitative estimate of drug-likeness (QED) is 0.325.